The van der Waals surface area contributed by atoms with Gasteiger partial charge >= 0.3 is 0 Å². The number of benzene rings is 3. The molecule has 3 aromatic carbocycles. The average Bonchev–Trinajstić information content (AvgIpc) is 1.47. The molecule has 3 fully saturated rings. The number of piperazine rings is 3. The first-order valence-corrected chi connectivity index (χ1v) is 40.0. The molecule has 12 heterocycles. The van der Waals surface area contributed by atoms with E-state index in [0.717, 1.165) is 92.3 Å². The van der Waals surface area contributed by atoms with Gasteiger partial charge in [0.15, 0.2) is 69.2 Å². The highest BCUT2D eigenvalue weighted by atomic mass is 35.5. The van der Waals surface area contributed by atoms with E-state index in [4.69, 9.17) is 71.6 Å². The number of methoxy groups -OCH3 is 6. The molecule has 642 valence electrons. The second-order valence-corrected chi connectivity index (χ2v) is 29.6. The number of rotatable bonds is 27. The van der Waals surface area contributed by atoms with Gasteiger partial charge in [-0.15, -0.1) is 0 Å². The maximum atomic E-state index is 15.6. The molecule has 0 saturated carbocycles. The summed E-state index contributed by atoms with van der Waals surface area (Å²) in [4.78, 5) is 83.9. The molecular formula is C85H92Cl2F6N20O9. The molecule has 3 amide bonds. The van der Waals surface area contributed by atoms with Gasteiger partial charge in [0.2, 0.25) is 17.8 Å². The van der Waals surface area contributed by atoms with Crippen molar-refractivity contribution in [2.45, 2.75) is 38.5 Å². The van der Waals surface area contributed by atoms with Crippen molar-refractivity contribution in [3.8, 4) is 67.9 Å². The van der Waals surface area contributed by atoms with Crippen LogP contribution in [0.1, 0.15) is 36.3 Å². The fraction of sp³-hybridized carbons (Fsp3) is 0.353. The van der Waals surface area contributed by atoms with E-state index in [1.165, 1.54) is 50.4 Å². The number of carbonyl (C=O) groups excluding carboxylic acids is 3. The molecule has 15 rings (SSSR count). The highest BCUT2D eigenvalue weighted by molar-refractivity contribution is 6.41. The first kappa shape index (κ1) is 87.5. The van der Waals surface area contributed by atoms with Crippen molar-refractivity contribution in [3.63, 3.8) is 0 Å². The molecule has 3 saturated heterocycles. The zero-order valence-corrected chi connectivity index (χ0v) is 70.4. The Kier molecular flexibility index (Phi) is 27.7. The molecule has 0 radical (unpaired) electrons. The lowest BCUT2D eigenvalue weighted by molar-refractivity contribution is -0.131. The number of halogens is 8. The summed E-state index contributed by atoms with van der Waals surface area (Å²) in [5.74, 6) is -4.90. The summed E-state index contributed by atoms with van der Waals surface area (Å²) in [7, 11) is 13.5. The summed E-state index contributed by atoms with van der Waals surface area (Å²) in [6.45, 7) is 19.5. The number of nitrogens with one attached hydrogen (secondary N) is 3. The van der Waals surface area contributed by atoms with Gasteiger partial charge in [-0.1, -0.05) is 42.9 Å². The Morgan fingerprint density at radius 2 is 0.762 bits per heavy atom. The van der Waals surface area contributed by atoms with Crippen LogP contribution in [0.2, 0.25) is 10.0 Å². The molecule has 9 aromatic heterocycles. The number of anilines is 3. The van der Waals surface area contributed by atoms with Crippen molar-refractivity contribution < 1.29 is 69.1 Å². The first-order chi connectivity index (χ1) is 58.9. The Morgan fingerprint density at radius 3 is 1.11 bits per heavy atom. The van der Waals surface area contributed by atoms with Crippen LogP contribution in [0.4, 0.5) is 44.1 Å². The van der Waals surface area contributed by atoms with Gasteiger partial charge in [0.25, 0.3) is 11.8 Å². The van der Waals surface area contributed by atoms with Gasteiger partial charge in [0.1, 0.15) is 34.3 Å². The molecule has 122 heavy (non-hydrogen) atoms. The summed E-state index contributed by atoms with van der Waals surface area (Å²) < 4.78 is 126. The predicted octanol–water partition coefficient (Wildman–Crippen LogP) is 12.9. The number of carbonyl (C=O) groups is 3. The third kappa shape index (κ3) is 18.3. The SMILES string of the molecule is C=C(F)C(=O)N1CCN(CCCc2cn3c(n2)c(-c2c(F)c(OC)cc(OC)c2F)cc2cnc(NC)cc23)CC1.C=C(F)C(=O)N1CCN(CCCc2cn3c(n2)c(-c2c(F)c(OC)cc(OC)c2F)cc2cnc(NC)nc23)CC1.C=CC(=O)N1CCN(CCCc2cn3c(n2)c(-c2c(Cl)c(OC)cc(OC)c2Cl)cc2cnc(NC)nc23)CC1. The molecule has 12 aromatic rings. The van der Waals surface area contributed by atoms with Crippen LogP contribution in [0, 0.1) is 23.3 Å². The van der Waals surface area contributed by atoms with Gasteiger partial charge in [-0.25, -0.2) is 56.2 Å². The second kappa shape index (κ2) is 38.6. The van der Waals surface area contributed by atoms with E-state index in [1.54, 1.807) is 76.6 Å². The monoisotopic (exact) mass is 1720 g/mol. The zero-order valence-electron chi connectivity index (χ0n) is 68.9. The van der Waals surface area contributed by atoms with Crippen molar-refractivity contribution in [2.75, 3.05) is 178 Å². The minimum absolute atomic E-state index is 0.00789. The Balaban J connectivity index is 0.000000158. The van der Waals surface area contributed by atoms with Crippen LogP contribution >= 0.6 is 23.2 Å². The molecule has 3 aliphatic rings. The predicted molar refractivity (Wildman–Crippen MR) is 456 cm³/mol. The third-order valence-electron chi connectivity index (χ3n) is 21.7. The number of amides is 3. The van der Waals surface area contributed by atoms with Crippen LogP contribution < -0.4 is 44.4 Å². The quantitative estimate of drug-likeness (QED) is 0.0319. The molecule has 29 nitrogen and oxygen atoms in total. The number of ether oxygens (including phenoxy) is 6. The van der Waals surface area contributed by atoms with Crippen LogP contribution in [0.15, 0.2) is 117 Å². The topological polar surface area (TPSA) is 278 Å². The molecule has 3 aliphatic heterocycles. The number of pyridine rings is 4. The van der Waals surface area contributed by atoms with Crippen molar-refractivity contribution in [1.82, 2.24) is 82.5 Å². The molecule has 3 N–H and O–H groups in total. The van der Waals surface area contributed by atoms with Gasteiger partial charge < -0.3 is 59.1 Å². The van der Waals surface area contributed by atoms with E-state index >= 15 is 17.6 Å². The first-order valence-electron chi connectivity index (χ1n) is 39.2. The van der Waals surface area contributed by atoms with Crippen molar-refractivity contribution in [1.29, 1.82) is 0 Å². The second-order valence-electron chi connectivity index (χ2n) is 28.9. The van der Waals surface area contributed by atoms with Crippen molar-refractivity contribution >= 4 is 109 Å². The van der Waals surface area contributed by atoms with Gasteiger partial charge in [-0.3, -0.25) is 42.3 Å². The van der Waals surface area contributed by atoms with Gasteiger partial charge in [0.05, 0.1) is 86.4 Å². The summed E-state index contributed by atoms with van der Waals surface area (Å²) in [6, 6.07) is 11.1. The highest BCUT2D eigenvalue weighted by Gasteiger charge is 2.32. The number of imidazole rings is 3. The van der Waals surface area contributed by atoms with Gasteiger partial charge in [0, 0.05) is 200 Å². The molecule has 0 unspecified atom stereocenters. The number of fused-ring (bicyclic) bond motifs is 9. The number of aryl methyl sites for hydroxylation is 3. The van der Waals surface area contributed by atoms with Crippen LogP contribution in [0.25, 0.3) is 83.3 Å². The fourth-order valence-corrected chi connectivity index (χ4v) is 16.0. The minimum Gasteiger partial charge on any atom is -0.495 e. The lowest BCUT2D eigenvalue weighted by atomic mass is 10.0. The molecule has 0 bridgehead atoms. The number of nitrogens with zero attached hydrogens (tertiary/aromatic N) is 17. The van der Waals surface area contributed by atoms with Gasteiger partial charge in [-0.2, -0.15) is 9.97 Å². The largest absolute Gasteiger partial charge is 0.495 e. The highest BCUT2D eigenvalue weighted by Crippen LogP contribution is 2.49. The summed E-state index contributed by atoms with van der Waals surface area (Å²) in [5.41, 5.74) is 6.84. The summed E-state index contributed by atoms with van der Waals surface area (Å²) >= 11 is 13.6. The summed E-state index contributed by atoms with van der Waals surface area (Å²) in [6.07, 6.45) is 16.4. The molecule has 0 aliphatic carbocycles. The number of hydrogen-bond acceptors (Lipinski definition) is 23. The van der Waals surface area contributed by atoms with Crippen LogP contribution in [0.3, 0.4) is 0 Å². The molecule has 37 heteroatoms. The minimum atomic E-state index is -0.948. The van der Waals surface area contributed by atoms with E-state index in [9.17, 15) is 23.2 Å². The summed E-state index contributed by atoms with van der Waals surface area (Å²) in [5, 5.41) is 11.7. The molecule has 0 spiro atoms. The molecule has 0 atom stereocenters. The lowest BCUT2D eigenvalue weighted by Gasteiger charge is -2.34. The van der Waals surface area contributed by atoms with Crippen molar-refractivity contribution in [2.24, 2.45) is 0 Å². The Hall–Kier alpha value is -12.3. The molecular weight excluding hydrogens is 1630 g/mol. The Bertz CT molecular complexity index is 5670. The standard InChI is InChI=1S/C29H31F3N6O3.C28H31Cl2N7O3.C28H30F3N7O3/c1-17(30)29(39)37-10-8-36(9-11-37)7-5-6-19-16-38-21-13-24(33-2)34-15-18(21)12-20(28(38)35-19)25-26(31)22(40-3)14-23(41-4)27(25)32;1-5-22(38)36-11-9-35(10-12-36)8-6-7-18-16-37-26-17(15-32-28(31-2)34-26)13-19(27(37)33-18)23-24(29)20(39-3)14-21(40-4)25(23)30;1-16(29)27(39)37-10-8-36(9-11-37)7-5-6-18-15-38-25-17(14-33-28(32-2)35-25)12-19(26(38)34-18)22-23(30)20(40-3)13-21(41-4)24(22)31/h12-16H,1,5-11H2,2-4H3,(H,33,34);5,13-16H,1,6-12H2,2-4H3,(H,31,32,34);12-15H,1,5-11H2,2-4H3,(H,32,33,35). The Morgan fingerprint density at radius 1 is 0.426 bits per heavy atom. The van der Waals surface area contributed by atoms with E-state index in [2.05, 4.69) is 70.3 Å². The zero-order chi connectivity index (χ0) is 86.9. The normalized spacial score (nSPS) is 14.1. The van der Waals surface area contributed by atoms with Crippen LogP contribution in [-0.2, 0) is 33.6 Å². The fourth-order valence-electron chi connectivity index (χ4n) is 15.3. The van der Waals surface area contributed by atoms with E-state index in [1.807, 2.05) is 44.4 Å². The van der Waals surface area contributed by atoms with E-state index in [0.29, 0.717) is 168 Å². The lowest BCUT2D eigenvalue weighted by Crippen LogP contribution is -2.48. The smallest absolute Gasteiger partial charge is 0.282 e. The maximum Gasteiger partial charge on any atom is 0.282 e. The maximum absolute atomic E-state index is 15.6. The van der Waals surface area contributed by atoms with E-state index in [-0.39, 0.29) is 51.2 Å². The van der Waals surface area contributed by atoms with E-state index < -0.39 is 46.7 Å². The number of hydrogen-bond donors (Lipinski definition) is 3. The Labute approximate surface area is 708 Å². The number of aromatic nitrogens is 11. The average molecular weight is 1720 g/mol. The van der Waals surface area contributed by atoms with Crippen LogP contribution in [-0.4, -0.2) is 262 Å². The van der Waals surface area contributed by atoms with Gasteiger partial charge in [-0.05, 0) is 82.4 Å². The van der Waals surface area contributed by atoms with Crippen LogP contribution in [0.5, 0.6) is 34.5 Å². The third-order valence-corrected chi connectivity index (χ3v) is 22.5. The van der Waals surface area contributed by atoms with Crippen molar-refractivity contribution in [3.05, 3.63) is 168 Å².